The van der Waals surface area contributed by atoms with Crippen LogP contribution < -0.4 is 5.32 Å². The van der Waals surface area contributed by atoms with E-state index in [1.807, 2.05) is 0 Å². The van der Waals surface area contributed by atoms with E-state index in [1.165, 1.54) is 12.0 Å². The van der Waals surface area contributed by atoms with Crippen molar-refractivity contribution in [3.63, 3.8) is 0 Å². The first-order chi connectivity index (χ1) is 8.26. The molecule has 17 heavy (non-hydrogen) atoms. The third-order valence-electron chi connectivity index (χ3n) is 3.94. The molecule has 1 aromatic carbocycles. The number of methoxy groups -OCH3 is 1. The molecule has 0 bridgehead atoms. The van der Waals surface area contributed by atoms with Crippen molar-refractivity contribution in [3.8, 4) is 0 Å². The highest BCUT2D eigenvalue weighted by Gasteiger charge is 2.43. The molecule has 1 saturated carbocycles. The Morgan fingerprint density at radius 2 is 2.06 bits per heavy atom. The van der Waals surface area contributed by atoms with Gasteiger partial charge < -0.3 is 10.1 Å². The predicted molar refractivity (Wildman–Crippen MR) is 71.2 cm³/mol. The summed E-state index contributed by atoms with van der Waals surface area (Å²) in [7, 11) is 3.85. The molecule has 1 aliphatic carbocycles. The van der Waals surface area contributed by atoms with E-state index in [-0.39, 0.29) is 0 Å². The maximum Gasteiger partial charge on any atom is 0.0558 e. The van der Waals surface area contributed by atoms with Gasteiger partial charge in [0.15, 0.2) is 0 Å². The number of hydrogen-bond acceptors (Lipinski definition) is 2. The molecule has 1 fully saturated rings. The molecule has 0 radical (unpaired) electrons. The normalized spacial score (nSPS) is 26.5. The van der Waals surface area contributed by atoms with Gasteiger partial charge in [0.25, 0.3) is 0 Å². The van der Waals surface area contributed by atoms with Gasteiger partial charge in [-0.25, -0.2) is 0 Å². The van der Waals surface area contributed by atoms with Crippen molar-refractivity contribution in [1.82, 2.24) is 5.32 Å². The zero-order chi connectivity index (χ0) is 12.3. The molecule has 0 aromatic heterocycles. The van der Waals surface area contributed by atoms with Crippen molar-refractivity contribution in [2.24, 2.45) is 5.92 Å². The summed E-state index contributed by atoms with van der Waals surface area (Å²) in [5.41, 5.74) is 1.49. The molecule has 4 atom stereocenters. The minimum absolute atomic E-state index is 0.337. The van der Waals surface area contributed by atoms with E-state index in [9.17, 15) is 0 Å². The first-order valence-corrected chi connectivity index (χ1v) is 6.51. The molecule has 0 spiro atoms. The average Bonchev–Trinajstić information content (AvgIpc) is 3.17. The Morgan fingerprint density at radius 3 is 2.65 bits per heavy atom. The van der Waals surface area contributed by atoms with E-state index >= 15 is 0 Å². The SMILES string of the molecule is CNC(CC(C)OC)C1CC1c1ccccc1. The number of hydrogen-bond donors (Lipinski definition) is 1. The van der Waals surface area contributed by atoms with Crippen LogP contribution in [0.1, 0.15) is 31.2 Å². The third-order valence-corrected chi connectivity index (χ3v) is 3.94. The van der Waals surface area contributed by atoms with Crippen LogP contribution >= 0.6 is 0 Å². The zero-order valence-corrected chi connectivity index (χ0v) is 11.0. The molecule has 1 N–H and O–H groups in total. The van der Waals surface area contributed by atoms with Crippen LogP contribution in [0.15, 0.2) is 30.3 Å². The van der Waals surface area contributed by atoms with E-state index in [0.29, 0.717) is 12.1 Å². The lowest BCUT2D eigenvalue weighted by atomic mass is 10.0. The molecule has 0 heterocycles. The van der Waals surface area contributed by atoms with Gasteiger partial charge in [-0.2, -0.15) is 0 Å². The van der Waals surface area contributed by atoms with Crippen LogP contribution in [0.5, 0.6) is 0 Å². The minimum atomic E-state index is 0.337. The topological polar surface area (TPSA) is 21.3 Å². The second kappa shape index (κ2) is 5.65. The Balaban J connectivity index is 1.92. The molecule has 1 aliphatic rings. The van der Waals surface area contributed by atoms with Crippen LogP contribution in [0.4, 0.5) is 0 Å². The monoisotopic (exact) mass is 233 g/mol. The molecular weight excluding hydrogens is 210 g/mol. The summed E-state index contributed by atoms with van der Waals surface area (Å²) in [6.45, 7) is 2.14. The molecule has 94 valence electrons. The fourth-order valence-electron chi connectivity index (χ4n) is 2.70. The van der Waals surface area contributed by atoms with Gasteiger partial charge in [-0.1, -0.05) is 30.3 Å². The molecule has 0 saturated heterocycles. The Labute approximate surface area is 104 Å². The fraction of sp³-hybridized carbons (Fsp3) is 0.600. The van der Waals surface area contributed by atoms with Gasteiger partial charge >= 0.3 is 0 Å². The molecule has 2 heteroatoms. The van der Waals surface area contributed by atoms with Crippen LogP contribution in [0.3, 0.4) is 0 Å². The predicted octanol–water partition coefficient (Wildman–Crippen LogP) is 2.80. The highest BCUT2D eigenvalue weighted by molar-refractivity contribution is 5.26. The highest BCUT2D eigenvalue weighted by atomic mass is 16.5. The van der Waals surface area contributed by atoms with Crippen molar-refractivity contribution >= 4 is 0 Å². The smallest absolute Gasteiger partial charge is 0.0558 e. The molecular formula is C15H23NO. The van der Waals surface area contributed by atoms with Gasteiger partial charge in [0.2, 0.25) is 0 Å². The van der Waals surface area contributed by atoms with E-state index in [0.717, 1.165) is 18.3 Å². The van der Waals surface area contributed by atoms with Gasteiger partial charge in [-0.05, 0) is 44.2 Å². The van der Waals surface area contributed by atoms with Crippen LogP contribution in [-0.4, -0.2) is 26.3 Å². The van der Waals surface area contributed by atoms with Crippen LogP contribution in [0.25, 0.3) is 0 Å². The maximum atomic E-state index is 5.36. The second-order valence-electron chi connectivity index (χ2n) is 5.09. The van der Waals surface area contributed by atoms with Crippen molar-refractivity contribution < 1.29 is 4.74 Å². The highest BCUT2D eigenvalue weighted by Crippen LogP contribution is 2.50. The molecule has 2 rings (SSSR count). The van der Waals surface area contributed by atoms with Gasteiger partial charge in [0, 0.05) is 13.2 Å². The van der Waals surface area contributed by atoms with E-state index < -0.39 is 0 Å². The van der Waals surface area contributed by atoms with Crippen LogP contribution in [0.2, 0.25) is 0 Å². The standard InChI is InChI=1S/C15H23NO/c1-11(17-3)9-15(16-2)14-10-13(14)12-7-5-4-6-8-12/h4-8,11,13-16H,9-10H2,1-3H3. The molecule has 2 nitrogen and oxygen atoms in total. The Hall–Kier alpha value is -0.860. The lowest BCUT2D eigenvalue weighted by molar-refractivity contribution is 0.0984. The van der Waals surface area contributed by atoms with Gasteiger partial charge in [-0.15, -0.1) is 0 Å². The number of benzene rings is 1. The average molecular weight is 233 g/mol. The lowest BCUT2D eigenvalue weighted by Gasteiger charge is -2.20. The van der Waals surface area contributed by atoms with Gasteiger partial charge in [0.1, 0.15) is 0 Å². The summed E-state index contributed by atoms with van der Waals surface area (Å²) in [6.07, 6.45) is 2.75. The molecule has 0 aliphatic heterocycles. The Bertz CT molecular complexity index is 338. The van der Waals surface area contributed by atoms with E-state index in [1.54, 1.807) is 7.11 Å². The quantitative estimate of drug-likeness (QED) is 0.816. The molecule has 0 amide bonds. The van der Waals surface area contributed by atoms with Crippen molar-refractivity contribution in [1.29, 1.82) is 0 Å². The number of ether oxygens (including phenoxy) is 1. The van der Waals surface area contributed by atoms with Crippen LogP contribution in [0, 0.1) is 5.92 Å². The van der Waals surface area contributed by atoms with E-state index in [2.05, 4.69) is 49.6 Å². The summed E-state index contributed by atoms with van der Waals surface area (Å²) >= 11 is 0. The first kappa shape index (κ1) is 12.6. The Morgan fingerprint density at radius 1 is 1.35 bits per heavy atom. The third kappa shape index (κ3) is 3.08. The minimum Gasteiger partial charge on any atom is -0.382 e. The number of nitrogens with one attached hydrogen (secondary N) is 1. The van der Waals surface area contributed by atoms with E-state index in [4.69, 9.17) is 4.74 Å². The summed E-state index contributed by atoms with van der Waals surface area (Å²) in [5.74, 6) is 1.53. The number of rotatable bonds is 6. The fourth-order valence-corrected chi connectivity index (χ4v) is 2.70. The van der Waals surface area contributed by atoms with Crippen LogP contribution in [-0.2, 0) is 4.74 Å². The van der Waals surface area contributed by atoms with Gasteiger partial charge in [0.05, 0.1) is 6.10 Å². The summed E-state index contributed by atoms with van der Waals surface area (Å²) in [5, 5.41) is 3.45. The molecule has 4 unspecified atom stereocenters. The summed E-state index contributed by atoms with van der Waals surface area (Å²) < 4.78 is 5.36. The van der Waals surface area contributed by atoms with Crippen molar-refractivity contribution in [2.45, 2.75) is 37.8 Å². The Kier molecular flexibility index (Phi) is 4.19. The first-order valence-electron chi connectivity index (χ1n) is 6.51. The second-order valence-corrected chi connectivity index (χ2v) is 5.09. The lowest BCUT2D eigenvalue weighted by Crippen LogP contribution is -2.32. The van der Waals surface area contributed by atoms with Crippen molar-refractivity contribution in [2.75, 3.05) is 14.2 Å². The zero-order valence-electron chi connectivity index (χ0n) is 11.0. The maximum absolute atomic E-state index is 5.36. The summed E-state index contributed by atoms with van der Waals surface area (Å²) in [4.78, 5) is 0. The largest absolute Gasteiger partial charge is 0.382 e. The molecule has 1 aromatic rings. The van der Waals surface area contributed by atoms with Crippen molar-refractivity contribution in [3.05, 3.63) is 35.9 Å². The van der Waals surface area contributed by atoms with Gasteiger partial charge in [-0.3, -0.25) is 0 Å². The summed E-state index contributed by atoms with van der Waals surface area (Å²) in [6, 6.07) is 11.4.